The molecule has 1 aromatic carbocycles. The first kappa shape index (κ1) is 15.3. The number of aryl methyl sites for hydroxylation is 2. The third-order valence-electron chi connectivity index (χ3n) is 3.57. The Morgan fingerprint density at radius 1 is 1.26 bits per heavy atom. The van der Waals surface area contributed by atoms with Gasteiger partial charge in [-0.25, -0.2) is 4.98 Å². The zero-order valence-electron chi connectivity index (χ0n) is 12.9. The molecule has 5 heteroatoms. The Kier molecular flexibility index (Phi) is 4.17. The highest BCUT2D eigenvalue weighted by Crippen LogP contribution is 2.19. The predicted octanol–water partition coefficient (Wildman–Crippen LogP) is 4.26. The summed E-state index contributed by atoms with van der Waals surface area (Å²) < 4.78 is 1.84. The van der Waals surface area contributed by atoms with Crippen molar-refractivity contribution < 1.29 is 4.79 Å². The maximum Gasteiger partial charge on any atom is 0.248 e. The molecule has 0 fully saturated rings. The van der Waals surface area contributed by atoms with Crippen LogP contribution in [0, 0.1) is 13.8 Å². The van der Waals surface area contributed by atoms with E-state index in [9.17, 15) is 4.79 Å². The zero-order chi connectivity index (χ0) is 16.4. The molecule has 0 aliphatic heterocycles. The molecule has 1 amide bonds. The van der Waals surface area contributed by atoms with Gasteiger partial charge in [0.25, 0.3) is 0 Å². The summed E-state index contributed by atoms with van der Waals surface area (Å²) in [5, 5.41) is 3.25. The van der Waals surface area contributed by atoms with Crippen molar-refractivity contribution >= 4 is 34.9 Å². The van der Waals surface area contributed by atoms with Crippen LogP contribution in [0.5, 0.6) is 0 Å². The molecule has 0 unspecified atom stereocenters. The number of carbonyl (C=O) groups excluding carboxylic acids is 1. The Balaban J connectivity index is 1.83. The number of pyridine rings is 1. The van der Waals surface area contributed by atoms with E-state index >= 15 is 0 Å². The Labute approximate surface area is 139 Å². The Hall–Kier alpha value is -2.59. The molecule has 3 aromatic rings. The third kappa shape index (κ3) is 3.27. The summed E-state index contributed by atoms with van der Waals surface area (Å²) in [5.74, 6) is -0.208. The number of halogens is 1. The van der Waals surface area contributed by atoms with Crippen molar-refractivity contribution in [2.75, 3.05) is 5.32 Å². The first-order valence-corrected chi connectivity index (χ1v) is 7.61. The number of carbonyl (C=O) groups is 1. The molecule has 0 radical (unpaired) electrons. The number of nitrogens with one attached hydrogen (secondary N) is 1. The fourth-order valence-electron chi connectivity index (χ4n) is 2.33. The van der Waals surface area contributed by atoms with Crippen molar-refractivity contribution in [3.8, 4) is 0 Å². The van der Waals surface area contributed by atoms with E-state index in [1.807, 2.05) is 60.8 Å². The van der Waals surface area contributed by atoms with Crippen LogP contribution in [-0.2, 0) is 4.79 Å². The average Bonchev–Trinajstić information content (AvgIpc) is 2.84. The van der Waals surface area contributed by atoms with Crippen LogP contribution in [0.25, 0.3) is 11.7 Å². The Morgan fingerprint density at radius 3 is 2.91 bits per heavy atom. The molecule has 2 heterocycles. The normalized spacial score (nSPS) is 11.3. The van der Waals surface area contributed by atoms with Crippen molar-refractivity contribution in [3.05, 3.63) is 70.6 Å². The second-order valence-electron chi connectivity index (χ2n) is 5.36. The highest BCUT2D eigenvalue weighted by molar-refractivity contribution is 6.31. The van der Waals surface area contributed by atoms with Gasteiger partial charge in [0.05, 0.1) is 5.69 Å². The predicted molar refractivity (Wildman–Crippen MR) is 93.8 cm³/mol. The van der Waals surface area contributed by atoms with Gasteiger partial charge >= 0.3 is 0 Å². The first-order chi connectivity index (χ1) is 11.0. The van der Waals surface area contributed by atoms with Gasteiger partial charge in [0, 0.05) is 18.0 Å². The van der Waals surface area contributed by atoms with Crippen molar-refractivity contribution in [3.63, 3.8) is 0 Å². The van der Waals surface area contributed by atoms with Gasteiger partial charge in [-0.2, -0.15) is 0 Å². The van der Waals surface area contributed by atoms with Crippen molar-refractivity contribution in [2.45, 2.75) is 13.8 Å². The second kappa shape index (κ2) is 6.26. The number of aromatic nitrogens is 2. The van der Waals surface area contributed by atoms with Gasteiger partial charge in [-0.05, 0) is 49.2 Å². The Morgan fingerprint density at radius 2 is 2.09 bits per heavy atom. The minimum atomic E-state index is -0.208. The minimum absolute atomic E-state index is 0.208. The summed E-state index contributed by atoms with van der Waals surface area (Å²) in [7, 11) is 0. The molecule has 0 bridgehead atoms. The molecule has 2 aromatic heterocycles. The van der Waals surface area contributed by atoms with Gasteiger partial charge in [0.2, 0.25) is 5.91 Å². The van der Waals surface area contributed by atoms with E-state index in [4.69, 9.17) is 11.6 Å². The minimum Gasteiger partial charge on any atom is -0.322 e. The molecule has 3 rings (SSSR count). The van der Waals surface area contributed by atoms with Crippen LogP contribution in [0.2, 0.25) is 5.15 Å². The molecular formula is C18H16ClN3O. The van der Waals surface area contributed by atoms with Gasteiger partial charge < -0.3 is 5.32 Å². The molecule has 0 atom stereocenters. The summed E-state index contributed by atoms with van der Waals surface area (Å²) in [5.41, 5.74) is 4.35. The van der Waals surface area contributed by atoms with E-state index in [1.54, 1.807) is 6.08 Å². The standard InChI is InChI=1S/C18H16ClN3O/c1-12-6-7-13(2)14(11-12)20-17(23)9-8-15-18(19)21-16-5-3-4-10-22(15)16/h3-11H,1-2H3,(H,20,23). The van der Waals surface area contributed by atoms with Crippen LogP contribution in [0.1, 0.15) is 16.8 Å². The molecule has 4 nitrogen and oxygen atoms in total. The highest BCUT2D eigenvalue weighted by atomic mass is 35.5. The fourth-order valence-corrected chi connectivity index (χ4v) is 2.58. The molecule has 0 saturated carbocycles. The van der Waals surface area contributed by atoms with Gasteiger partial charge in [-0.1, -0.05) is 29.8 Å². The third-order valence-corrected chi connectivity index (χ3v) is 3.84. The number of nitrogens with zero attached hydrogens (tertiary/aromatic N) is 2. The lowest BCUT2D eigenvalue weighted by Crippen LogP contribution is -2.09. The topological polar surface area (TPSA) is 46.4 Å². The SMILES string of the molecule is Cc1ccc(C)c(NC(=O)C=Cc2c(Cl)nc3ccccn23)c1. The summed E-state index contributed by atoms with van der Waals surface area (Å²) >= 11 is 6.14. The molecule has 0 aliphatic rings. The molecular weight excluding hydrogens is 310 g/mol. The number of benzene rings is 1. The summed E-state index contributed by atoms with van der Waals surface area (Å²) in [6, 6.07) is 11.6. The zero-order valence-corrected chi connectivity index (χ0v) is 13.6. The van der Waals surface area contributed by atoms with Crippen LogP contribution in [0.3, 0.4) is 0 Å². The van der Waals surface area contributed by atoms with Crippen LogP contribution in [0.4, 0.5) is 5.69 Å². The maximum atomic E-state index is 12.1. The number of imidazole rings is 1. The fraction of sp³-hybridized carbons (Fsp3) is 0.111. The lowest BCUT2D eigenvalue weighted by molar-refractivity contribution is -0.111. The van der Waals surface area contributed by atoms with E-state index in [1.165, 1.54) is 6.08 Å². The van der Waals surface area contributed by atoms with E-state index in [2.05, 4.69) is 10.3 Å². The first-order valence-electron chi connectivity index (χ1n) is 7.23. The Bertz CT molecular complexity index is 912. The average molecular weight is 326 g/mol. The van der Waals surface area contributed by atoms with Crippen LogP contribution < -0.4 is 5.32 Å². The number of hydrogen-bond acceptors (Lipinski definition) is 2. The maximum absolute atomic E-state index is 12.1. The number of anilines is 1. The van der Waals surface area contributed by atoms with Crippen LogP contribution >= 0.6 is 11.6 Å². The van der Waals surface area contributed by atoms with Gasteiger partial charge in [0.1, 0.15) is 5.65 Å². The lowest BCUT2D eigenvalue weighted by Gasteiger charge is -2.07. The molecule has 23 heavy (non-hydrogen) atoms. The van der Waals surface area contributed by atoms with Gasteiger partial charge in [-0.3, -0.25) is 9.20 Å². The van der Waals surface area contributed by atoms with Crippen LogP contribution in [0.15, 0.2) is 48.7 Å². The lowest BCUT2D eigenvalue weighted by atomic mass is 10.1. The number of fused-ring (bicyclic) bond motifs is 1. The number of amides is 1. The van der Waals surface area contributed by atoms with E-state index in [0.29, 0.717) is 10.8 Å². The van der Waals surface area contributed by atoms with Gasteiger partial charge in [0.15, 0.2) is 5.15 Å². The molecule has 0 saturated heterocycles. The molecule has 1 N–H and O–H groups in total. The molecule has 0 aliphatic carbocycles. The quantitative estimate of drug-likeness (QED) is 0.731. The number of rotatable bonds is 3. The van der Waals surface area contributed by atoms with Crippen molar-refractivity contribution in [2.24, 2.45) is 0 Å². The molecule has 116 valence electrons. The summed E-state index contributed by atoms with van der Waals surface area (Å²) in [6.07, 6.45) is 4.99. The summed E-state index contributed by atoms with van der Waals surface area (Å²) in [4.78, 5) is 16.4. The largest absolute Gasteiger partial charge is 0.322 e. The van der Waals surface area contributed by atoms with Crippen LogP contribution in [-0.4, -0.2) is 15.3 Å². The smallest absolute Gasteiger partial charge is 0.248 e. The van der Waals surface area contributed by atoms with Gasteiger partial charge in [-0.15, -0.1) is 0 Å². The molecule has 0 spiro atoms. The monoisotopic (exact) mass is 325 g/mol. The van der Waals surface area contributed by atoms with E-state index in [0.717, 1.165) is 22.5 Å². The van der Waals surface area contributed by atoms with Crippen molar-refractivity contribution in [1.82, 2.24) is 9.38 Å². The highest BCUT2D eigenvalue weighted by Gasteiger charge is 2.08. The van der Waals surface area contributed by atoms with Crippen molar-refractivity contribution in [1.29, 1.82) is 0 Å². The summed E-state index contributed by atoms with van der Waals surface area (Å²) in [6.45, 7) is 3.95. The van der Waals surface area contributed by atoms with E-state index < -0.39 is 0 Å². The number of hydrogen-bond donors (Lipinski definition) is 1. The second-order valence-corrected chi connectivity index (χ2v) is 5.72. The van der Waals surface area contributed by atoms with E-state index in [-0.39, 0.29) is 5.91 Å².